The Hall–Kier alpha value is -1.04. The summed E-state index contributed by atoms with van der Waals surface area (Å²) in [5, 5.41) is 4.66. The number of hydrogen-bond acceptors (Lipinski definition) is 2. The largest absolute Gasteiger partial charge is 0.261 e. The molecule has 0 N–H and O–H groups in total. The van der Waals surface area contributed by atoms with Crippen molar-refractivity contribution in [2.24, 2.45) is 0 Å². The van der Waals surface area contributed by atoms with E-state index in [1.54, 1.807) is 12.4 Å². The molecule has 0 aliphatic heterocycles. The molecule has 0 aromatic carbocycles. The molecule has 0 fully saturated rings. The van der Waals surface area contributed by atoms with Crippen molar-refractivity contribution in [3.05, 3.63) is 23.1 Å². The fourth-order valence-electron chi connectivity index (χ4n) is 1.23. The van der Waals surface area contributed by atoms with Crippen LogP contribution < -0.4 is 0 Å². The quantitative estimate of drug-likeness (QED) is 0.848. The predicted octanol–water partition coefficient (Wildman–Crippen LogP) is 3.49. The van der Waals surface area contributed by atoms with E-state index in [2.05, 4.69) is 26.0 Å². The Balaban J connectivity index is 0.000000606. The Morgan fingerprint density at radius 3 is 2.62 bits per heavy atom. The van der Waals surface area contributed by atoms with Crippen LogP contribution in [-0.4, -0.2) is 21.2 Å². The van der Waals surface area contributed by atoms with Crippen molar-refractivity contribution in [1.82, 2.24) is 14.8 Å². The SMILES string of the molecule is CC.FC(F)Cn1ncc2c(Br)cncc21. The van der Waals surface area contributed by atoms with Crippen LogP contribution in [0.2, 0.25) is 0 Å². The summed E-state index contributed by atoms with van der Waals surface area (Å²) < 4.78 is 26.3. The van der Waals surface area contributed by atoms with E-state index >= 15 is 0 Å². The lowest BCUT2D eigenvalue weighted by Crippen LogP contribution is -2.07. The number of nitrogens with zero attached hydrogens (tertiary/aromatic N) is 3. The minimum atomic E-state index is -2.41. The smallest absolute Gasteiger partial charge is 0.257 e. The zero-order valence-corrected chi connectivity index (χ0v) is 10.6. The molecular weight excluding hydrogens is 280 g/mol. The lowest BCUT2D eigenvalue weighted by molar-refractivity contribution is 0.123. The number of fused-ring (bicyclic) bond motifs is 1. The van der Waals surface area contributed by atoms with Crippen molar-refractivity contribution in [3.63, 3.8) is 0 Å². The topological polar surface area (TPSA) is 30.7 Å². The number of hydrogen-bond donors (Lipinski definition) is 0. The third-order valence-electron chi connectivity index (χ3n) is 1.83. The van der Waals surface area contributed by atoms with E-state index in [1.165, 1.54) is 10.9 Å². The normalized spacial score (nSPS) is 10.4. The van der Waals surface area contributed by atoms with Crippen molar-refractivity contribution in [2.75, 3.05) is 0 Å². The average molecular weight is 292 g/mol. The molecule has 0 aliphatic carbocycles. The number of alkyl halides is 2. The third kappa shape index (κ3) is 2.75. The Kier molecular flexibility index (Phi) is 4.79. The van der Waals surface area contributed by atoms with Crippen LogP contribution in [0, 0.1) is 0 Å². The van der Waals surface area contributed by atoms with E-state index in [4.69, 9.17) is 0 Å². The first-order valence-electron chi connectivity index (χ1n) is 4.91. The van der Waals surface area contributed by atoms with E-state index in [0.717, 1.165) is 9.86 Å². The van der Waals surface area contributed by atoms with Gasteiger partial charge in [-0.05, 0) is 15.9 Å². The molecule has 0 bridgehead atoms. The van der Waals surface area contributed by atoms with Crippen LogP contribution in [0.3, 0.4) is 0 Å². The lowest BCUT2D eigenvalue weighted by atomic mass is 10.3. The van der Waals surface area contributed by atoms with Gasteiger partial charge in [0.15, 0.2) is 0 Å². The van der Waals surface area contributed by atoms with Crippen molar-refractivity contribution in [2.45, 2.75) is 26.8 Å². The van der Waals surface area contributed by atoms with Crippen LogP contribution in [0.5, 0.6) is 0 Å². The molecule has 88 valence electrons. The summed E-state index contributed by atoms with van der Waals surface area (Å²) in [5.41, 5.74) is 0.611. The van der Waals surface area contributed by atoms with Crippen LogP contribution in [-0.2, 0) is 6.54 Å². The maximum atomic E-state index is 12.1. The van der Waals surface area contributed by atoms with Crippen LogP contribution in [0.1, 0.15) is 13.8 Å². The van der Waals surface area contributed by atoms with Gasteiger partial charge in [0, 0.05) is 16.1 Å². The molecule has 6 heteroatoms. The molecule has 0 amide bonds. The Labute approximate surface area is 101 Å². The van der Waals surface area contributed by atoms with Gasteiger partial charge in [-0.2, -0.15) is 5.10 Å². The van der Waals surface area contributed by atoms with Gasteiger partial charge in [0.25, 0.3) is 6.43 Å². The van der Waals surface area contributed by atoms with Crippen LogP contribution >= 0.6 is 15.9 Å². The molecular formula is C10H12BrF2N3. The van der Waals surface area contributed by atoms with Gasteiger partial charge in [-0.25, -0.2) is 8.78 Å². The fourth-order valence-corrected chi connectivity index (χ4v) is 1.66. The fraction of sp³-hybridized carbons (Fsp3) is 0.400. The number of halogens is 3. The highest BCUT2D eigenvalue weighted by molar-refractivity contribution is 9.10. The van der Waals surface area contributed by atoms with Crippen LogP contribution in [0.25, 0.3) is 10.9 Å². The summed E-state index contributed by atoms with van der Waals surface area (Å²) in [6, 6.07) is 0. The highest BCUT2D eigenvalue weighted by Crippen LogP contribution is 2.22. The molecule has 0 aliphatic rings. The highest BCUT2D eigenvalue weighted by atomic mass is 79.9. The second-order valence-corrected chi connectivity index (χ2v) is 3.63. The molecule has 2 aromatic rings. The minimum Gasteiger partial charge on any atom is -0.261 e. The average Bonchev–Trinajstić information content (AvgIpc) is 2.65. The minimum absolute atomic E-state index is 0.401. The molecule has 0 atom stereocenters. The van der Waals surface area contributed by atoms with Crippen molar-refractivity contribution < 1.29 is 8.78 Å². The summed E-state index contributed by atoms with van der Waals surface area (Å²) in [7, 11) is 0. The molecule has 3 nitrogen and oxygen atoms in total. The molecule has 2 heterocycles. The monoisotopic (exact) mass is 291 g/mol. The Bertz CT molecular complexity index is 456. The van der Waals surface area contributed by atoms with Gasteiger partial charge < -0.3 is 0 Å². The highest BCUT2D eigenvalue weighted by Gasteiger charge is 2.10. The number of rotatable bonds is 2. The third-order valence-corrected chi connectivity index (χ3v) is 2.47. The lowest BCUT2D eigenvalue weighted by Gasteiger charge is -2.01. The first-order chi connectivity index (χ1) is 7.68. The van der Waals surface area contributed by atoms with E-state index in [-0.39, 0.29) is 0 Å². The molecule has 16 heavy (non-hydrogen) atoms. The second-order valence-electron chi connectivity index (χ2n) is 2.77. The summed E-state index contributed by atoms with van der Waals surface area (Å²) >= 11 is 3.27. The standard InChI is InChI=1S/C8H6BrF2N3.C2H6/c9-6-2-12-3-7-5(6)1-13-14(7)4-8(10)11;1-2/h1-3,8H,4H2;1-2H3. The van der Waals surface area contributed by atoms with E-state index in [1.807, 2.05) is 13.8 Å². The summed E-state index contributed by atoms with van der Waals surface area (Å²) in [4.78, 5) is 3.90. The van der Waals surface area contributed by atoms with Gasteiger partial charge in [0.2, 0.25) is 0 Å². The maximum Gasteiger partial charge on any atom is 0.257 e. The first kappa shape index (κ1) is 13.0. The van der Waals surface area contributed by atoms with Gasteiger partial charge in [-0.3, -0.25) is 9.67 Å². The van der Waals surface area contributed by atoms with Gasteiger partial charge in [0.05, 0.1) is 17.9 Å². The second kappa shape index (κ2) is 5.89. The van der Waals surface area contributed by atoms with Crippen molar-refractivity contribution >= 4 is 26.8 Å². The van der Waals surface area contributed by atoms with Gasteiger partial charge in [0.1, 0.15) is 6.54 Å². The number of pyridine rings is 1. The zero-order chi connectivity index (χ0) is 12.1. The summed E-state index contributed by atoms with van der Waals surface area (Å²) in [6.45, 7) is 3.60. The first-order valence-corrected chi connectivity index (χ1v) is 5.71. The van der Waals surface area contributed by atoms with E-state index in [9.17, 15) is 8.78 Å². The van der Waals surface area contributed by atoms with Crippen molar-refractivity contribution in [3.8, 4) is 0 Å². The van der Waals surface area contributed by atoms with Crippen LogP contribution in [0.4, 0.5) is 8.78 Å². The van der Waals surface area contributed by atoms with E-state index in [0.29, 0.717) is 5.52 Å². The van der Waals surface area contributed by atoms with E-state index < -0.39 is 13.0 Å². The molecule has 2 aromatic heterocycles. The molecule has 0 radical (unpaired) electrons. The molecule has 2 rings (SSSR count). The van der Waals surface area contributed by atoms with Gasteiger partial charge in [-0.15, -0.1) is 0 Å². The zero-order valence-electron chi connectivity index (χ0n) is 8.99. The molecule has 0 saturated heterocycles. The van der Waals surface area contributed by atoms with Gasteiger partial charge in [-0.1, -0.05) is 13.8 Å². The van der Waals surface area contributed by atoms with Gasteiger partial charge >= 0.3 is 0 Å². The summed E-state index contributed by atoms with van der Waals surface area (Å²) in [5.74, 6) is 0. The van der Waals surface area contributed by atoms with Crippen molar-refractivity contribution in [1.29, 1.82) is 0 Å². The molecule has 0 spiro atoms. The Morgan fingerprint density at radius 2 is 2.00 bits per heavy atom. The van der Waals surface area contributed by atoms with Crippen LogP contribution in [0.15, 0.2) is 23.1 Å². The predicted molar refractivity (Wildman–Crippen MR) is 62.6 cm³/mol. The molecule has 0 unspecified atom stereocenters. The Morgan fingerprint density at radius 1 is 1.31 bits per heavy atom. The maximum absolute atomic E-state index is 12.1. The molecule has 0 saturated carbocycles. The number of aromatic nitrogens is 3. The summed E-state index contributed by atoms with van der Waals surface area (Å²) in [6.07, 6.45) is 2.27.